The van der Waals surface area contributed by atoms with Crippen LogP contribution in [0.15, 0.2) is 30.3 Å². The maximum atomic E-state index is 13.3. The van der Waals surface area contributed by atoms with Gasteiger partial charge in [0.2, 0.25) is 5.91 Å². The maximum Gasteiger partial charge on any atom is 0.340 e. The summed E-state index contributed by atoms with van der Waals surface area (Å²) in [5.41, 5.74) is 1.18. The molecule has 5 rings (SSSR count). The molecule has 2 aliphatic heterocycles. The van der Waals surface area contributed by atoms with Crippen molar-refractivity contribution in [2.75, 3.05) is 9.74 Å². The minimum atomic E-state index is -1.36. The van der Waals surface area contributed by atoms with Crippen molar-refractivity contribution in [2.24, 2.45) is 0 Å². The van der Waals surface area contributed by atoms with Gasteiger partial charge in [-0.2, -0.15) is 0 Å². The number of alkyl halides is 1. The number of phenolic OH excluding ortho intramolecular Hbond substituents is 2. The Kier molecular flexibility index (Phi) is 6.84. The van der Waals surface area contributed by atoms with Gasteiger partial charge in [-0.15, -0.1) is 0 Å². The number of anilines is 1. The lowest BCUT2D eigenvalue weighted by Crippen LogP contribution is -2.34. The lowest BCUT2D eigenvalue weighted by Gasteiger charge is -2.38. The third-order valence-corrected chi connectivity index (χ3v) is 9.87. The summed E-state index contributed by atoms with van der Waals surface area (Å²) in [5.74, 6) is 0.104. The average Bonchev–Trinajstić information content (AvgIpc) is 3.10. The number of amides is 1. The first-order chi connectivity index (χ1) is 16.1. The van der Waals surface area contributed by atoms with Crippen LogP contribution in [0.4, 0.5) is 5.69 Å². The van der Waals surface area contributed by atoms with Crippen LogP contribution in [0.3, 0.4) is 0 Å². The van der Waals surface area contributed by atoms with Crippen LogP contribution in [0.2, 0.25) is 0 Å². The van der Waals surface area contributed by atoms with Gasteiger partial charge in [-0.1, -0.05) is 28.7 Å². The molecule has 0 aromatic heterocycles. The first-order valence-corrected chi connectivity index (χ1v) is 15.3. The monoisotopic (exact) mass is 1020 g/mol. The van der Waals surface area contributed by atoms with E-state index in [0.717, 1.165) is 0 Å². The predicted molar refractivity (Wildman–Crippen MR) is 166 cm³/mol. The number of halogens is 5. The smallest absolute Gasteiger partial charge is 0.340 e. The van der Waals surface area contributed by atoms with E-state index in [1.54, 1.807) is 30.3 Å². The number of hydrogen-bond donors (Lipinski definition) is 3. The van der Waals surface area contributed by atoms with E-state index in [1.165, 1.54) is 0 Å². The summed E-state index contributed by atoms with van der Waals surface area (Å²) in [6.07, 6.45) is 0. The van der Waals surface area contributed by atoms with Gasteiger partial charge in [0.1, 0.15) is 11.5 Å². The molecule has 3 aromatic carbocycles. The molecule has 12 heteroatoms. The predicted octanol–water partition coefficient (Wildman–Crippen LogP) is 6.46. The van der Waals surface area contributed by atoms with Crippen molar-refractivity contribution in [2.45, 2.75) is 5.60 Å². The van der Waals surface area contributed by atoms with E-state index in [4.69, 9.17) is 9.47 Å². The van der Waals surface area contributed by atoms with Crippen molar-refractivity contribution in [3.05, 3.63) is 66.9 Å². The Balaban J connectivity index is 1.86. The highest BCUT2D eigenvalue weighted by atomic mass is 127. The molecular formula is C22H10I5NO6. The number of fused-ring (bicyclic) bond motifs is 6. The highest BCUT2D eigenvalue weighted by Gasteiger charge is 2.55. The second kappa shape index (κ2) is 9.19. The van der Waals surface area contributed by atoms with Gasteiger partial charge in [0, 0.05) is 11.3 Å². The maximum absolute atomic E-state index is 13.3. The molecule has 0 saturated heterocycles. The van der Waals surface area contributed by atoms with Gasteiger partial charge in [0.15, 0.2) is 17.1 Å². The number of carbonyl (C=O) groups excluding carboxylic acids is 2. The lowest BCUT2D eigenvalue weighted by atomic mass is 9.77. The number of aromatic hydroxyl groups is 2. The Morgan fingerprint density at radius 3 is 2.00 bits per heavy atom. The Morgan fingerprint density at radius 1 is 0.912 bits per heavy atom. The van der Waals surface area contributed by atoms with Crippen molar-refractivity contribution >= 4 is 131 Å². The molecule has 1 spiro atoms. The van der Waals surface area contributed by atoms with Crippen LogP contribution in [-0.4, -0.2) is 26.5 Å². The van der Waals surface area contributed by atoms with Crippen LogP contribution in [-0.2, 0) is 15.1 Å². The fourth-order valence-corrected chi connectivity index (χ4v) is 7.86. The van der Waals surface area contributed by atoms with Gasteiger partial charge in [0.05, 0.1) is 35.4 Å². The average molecular weight is 1020 g/mol. The molecule has 0 bridgehead atoms. The topological polar surface area (TPSA) is 105 Å². The normalized spacial score (nSPS) is 14.7. The second-order valence-corrected chi connectivity index (χ2v) is 12.7. The molecule has 2 aliphatic rings. The van der Waals surface area contributed by atoms with Gasteiger partial charge in [-0.3, -0.25) is 4.79 Å². The number of benzene rings is 3. The molecule has 34 heavy (non-hydrogen) atoms. The van der Waals surface area contributed by atoms with Gasteiger partial charge >= 0.3 is 5.97 Å². The second-order valence-electron chi connectivity index (χ2n) is 7.41. The Labute approximate surface area is 261 Å². The molecule has 0 radical (unpaired) electrons. The molecule has 1 amide bonds. The zero-order chi connectivity index (χ0) is 24.5. The number of esters is 1. The van der Waals surface area contributed by atoms with Gasteiger partial charge in [-0.05, 0) is 115 Å². The van der Waals surface area contributed by atoms with Gasteiger partial charge in [-0.25, -0.2) is 4.79 Å². The van der Waals surface area contributed by atoms with Gasteiger partial charge < -0.3 is 25.0 Å². The van der Waals surface area contributed by atoms with Crippen molar-refractivity contribution in [1.29, 1.82) is 0 Å². The minimum absolute atomic E-state index is 0.0599. The van der Waals surface area contributed by atoms with Crippen LogP contribution >= 0.6 is 113 Å². The summed E-state index contributed by atoms with van der Waals surface area (Å²) in [4.78, 5) is 25.2. The van der Waals surface area contributed by atoms with Crippen LogP contribution in [0.1, 0.15) is 27.0 Å². The van der Waals surface area contributed by atoms with Crippen LogP contribution in [0, 0.1) is 14.3 Å². The number of phenols is 2. The number of ether oxygens (including phenoxy) is 2. The fourth-order valence-electron chi connectivity index (χ4n) is 4.09. The van der Waals surface area contributed by atoms with Crippen molar-refractivity contribution in [1.82, 2.24) is 0 Å². The molecule has 0 fully saturated rings. The molecule has 0 saturated carbocycles. The molecule has 7 nitrogen and oxygen atoms in total. The number of hydrogen-bond acceptors (Lipinski definition) is 6. The Morgan fingerprint density at radius 2 is 1.47 bits per heavy atom. The number of rotatable bonds is 2. The molecule has 0 unspecified atom stereocenters. The lowest BCUT2D eigenvalue weighted by molar-refractivity contribution is -0.113. The molecule has 2 heterocycles. The molecule has 3 aromatic rings. The molecule has 3 N–H and O–H groups in total. The summed E-state index contributed by atoms with van der Waals surface area (Å²) in [5, 5.41) is 24.0. The van der Waals surface area contributed by atoms with E-state index in [2.05, 4.69) is 5.32 Å². The zero-order valence-corrected chi connectivity index (χ0v) is 27.3. The Hall–Kier alpha value is -0.350. The fraction of sp³-hybridized carbons (Fsp3) is 0.0909. The first kappa shape index (κ1) is 25.3. The Bertz CT molecular complexity index is 1380. The van der Waals surface area contributed by atoms with E-state index >= 15 is 0 Å². The number of carbonyl (C=O) groups is 2. The first-order valence-electron chi connectivity index (χ1n) is 9.44. The van der Waals surface area contributed by atoms with E-state index in [-0.39, 0.29) is 21.8 Å². The summed E-state index contributed by atoms with van der Waals surface area (Å²) >= 11 is 10.0. The summed E-state index contributed by atoms with van der Waals surface area (Å²) in [6.45, 7) is 0. The van der Waals surface area contributed by atoms with Crippen LogP contribution in [0.5, 0.6) is 23.0 Å². The molecule has 0 atom stereocenters. The minimum Gasteiger partial charge on any atom is -0.506 e. The van der Waals surface area contributed by atoms with Crippen molar-refractivity contribution in [3.63, 3.8) is 0 Å². The SMILES string of the molecule is O=C(CI)Nc1ccc2c(c1)C(=O)OC21c2cc(I)c(O)c(I)c2Oc2c1cc(I)c(O)c2I. The number of nitrogens with one attached hydrogen (secondary N) is 1. The highest BCUT2D eigenvalue weighted by molar-refractivity contribution is 14.1. The van der Waals surface area contributed by atoms with E-state index < -0.39 is 11.6 Å². The quantitative estimate of drug-likeness (QED) is 0.155. The summed E-state index contributed by atoms with van der Waals surface area (Å²) in [7, 11) is 0. The van der Waals surface area contributed by atoms with E-state index in [1.807, 2.05) is 113 Å². The third kappa shape index (κ3) is 3.70. The molecule has 0 aliphatic carbocycles. The van der Waals surface area contributed by atoms with E-state index in [0.29, 0.717) is 53.7 Å². The summed E-state index contributed by atoms with van der Waals surface area (Å²) < 4.78 is 14.8. The van der Waals surface area contributed by atoms with Crippen molar-refractivity contribution < 1.29 is 29.3 Å². The van der Waals surface area contributed by atoms with Crippen molar-refractivity contribution in [3.8, 4) is 23.0 Å². The van der Waals surface area contributed by atoms with Crippen LogP contribution in [0.25, 0.3) is 0 Å². The third-order valence-electron chi connectivity index (χ3n) is 5.53. The van der Waals surface area contributed by atoms with Crippen LogP contribution < -0.4 is 10.1 Å². The largest absolute Gasteiger partial charge is 0.506 e. The van der Waals surface area contributed by atoms with Gasteiger partial charge in [0.25, 0.3) is 0 Å². The summed E-state index contributed by atoms with van der Waals surface area (Å²) in [6, 6.07) is 8.60. The highest BCUT2D eigenvalue weighted by Crippen LogP contribution is 2.60. The standard InChI is InChI=1S/C22H10I5NO6/c23-6-14(29)28-7-1-2-9-8(3-7)21(32)34-22(9)10-4-12(24)17(30)15(26)19(10)33-20-11(22)5-13(25)18(31)16(20)27/h1-5,30-31H,6H2,(H,28,29). The van der Waals surface area contributed by atoms with E-state index in [9.17, 15) is 19.8 Å². The molecule has 174 valence electrons. The molecular weight excluding hydrogens is 1010 g/mol. The zero-order valence-electron chi connectivity index (χ0n) is 16.5.